The number of carbonyl (C=O) groups is 1. The minimum atomic E-state index is -1.93. The summed E-state index contributed by atoms with van der Waals surface area (Å²) in [5, 5.41) is 26.0. The molecule has 2 aliphatic rings. The molecular formula is C27H31NO6. The number of carbonyl (C=O) groups excluding carboxylic acids is 1. The summed E-state index contributed by atoms with van der Waals surface area (Å²) >= 11 is 0. The standard InChI is InChI=1S/C27H31NO6/c1-16(2)21-13-15-26(3,34-21)14-12-17-6-11-20-22(23(17)29)27(31,24(33-5)25(30)28-20)18-7-9-19(32-4)10-8-18/h6-12,14,21,24,29,31H,1,13,15H2,2-5H3,(H,28,30)/b14-12+/t21-,24-,26+,27+/m0/s1. The first-order chi connectivity index (χ1) is 16.1. The van der Waals surface area contributed by atoms with Crippen molar-refractivity contribution in [1.29, 1.82) is 0 Å². The Morgan fingerprint density at radius 1 is 1.24 bits per heavy atom. The molecule has 1 saturated heterocycles. The van der Waals surface area contributed by atoms with Crippen molar-refractivity contribution in [3.63, 3.8) is 0 Å². The second kappa shape index (κ2) is 8.91. The largest absolute Gasteiger partial charge is 0.507 e. The number of rotatable bonds is 6. The van der Waals surface area contributed by atoms with Crippen LogP contribution in [0.2, 0.25) is 0 Å². The third-order valence-electron chi connectivity index (χ3n) is 6.71. The summed E-state index contributed by atoms with van der Waals surface area (Å²) in [4.78, 5) is 12.8. The van der Waals surface area contributed by atoms with Crippen LogP contribution < -0.4 is 10.1 Å². The molecule has 180 valence electrons. The highest BCUT2D eigenvalue weighted by molar-refractivity contribution is 6.00. The number of benzene rings is 2. The molecule has 2 heterocycles. The van der Waals surface area contributed by atoms with Crippen molar-refractivity contribution in [3.8, 4) is 11.5 Å². The Hall–Kier alpha value is -3.13. The summed E-state index contributed by atoms with van der Waals surface area (Å²) < 4.78 is 16.8. The second-order valence-corrected chi connectivity index (χ2v) is 9.16. The minimum Gasteiger partial charge on any atom is -0.507 e. The molecule has 1 amide bonds. The number of phenolic OH excluding ortho intramolecular Hbond substituents is 1. The zero-order valence-electron chi connectivity index (χ0n) is 19.9. The van der Waals surface area contributed by atoms with Crippen molar-refractivity contribution in [1.82, 2.24) is 0 Å². The molecule has 1 fully saturated rings. The number of aromatic hydroxyl groups is 1. The van der Waals surface area contributed by atoms with Gasteiger partial charge in [-0.15, -0.1) is 0 Å². The first-order valence-corrected chi connectivity index (χ1v) is 11.2. The molecule has 2 aromatic carbocycles. The number of fused-ring (bicyclic) bond motifs is 1. The number of nitrogens with one attached hydrogen (secondary N) is 1. The number of methoxy groups -OCH3 is 2. The van der Waals surface area contributed by atoms with E-state index in [4.69, 9.17) is 14.2 Å². The molecule has 4 atom stereocenters. The Labute approximate surface area is 199 Å². The van der Waals surface area contributed by atoms with E-state index in [1.165, 1.54) is 7.11 Å². The van der Waals surface area contributed by atoms with Crippen molar-refractivity contribution >= 4 is 17.7 Å². The SMILES string of the molecule is C=C(C)[C@@H]1CC[C@@](C)(/C=C/c2ccc3c(c2O)[C@](O)(c2ccc(OC)cc2)[C@@H](OC)C(=O)N3)O1. The van der Waals surface area contributed by atoms with Crippen LogP contribution in [0.25, 0.3) is 6.08 Å². The molecule has 0 aromatic heterocycles. The quantitative estimate of drug-likeness (QED) is 0.555. The predicted molar refractivity (Wildman–Crippen MR) is 130 cm³/mol. The van der Waals surface area contributed by atoms with Gasteiger partial charge in [0.05, 0.1) is 30.1 Å². The van der Waals surface area contributed by atoms with E-state index in [-0.39, 0.29) is 17.4 Å². The van der Waals surface area contributed by atoms with Gasteiger partial charge in [0.2, 0.25) is 0 Å². The molecule has 4 rings (SSSR count). The molecule has 0 unspecified atom stereocenters. The molecule has 34 heavy (non-hydrogen) atoms. The number of ether oxygens (including phenoxy) is 3. The van der Waals surface area contributed by atoms with Crippen molar-refractivity contribution in [2.45, 2.75) is 50.1 Å². The van der Waals surface area contributed by atoms with Gasteiger partial charge in [0.1, 0.15) is 11.5 Å². The van der Waals surface area contributed by atoms with Crippen LogP contribution >= 0.6 is 0 Å². The normalized spacial score (nSPS) is 28.6. The number of hydrogen-bond acceptors (Lipinski definition) is 6. The van der Waals surface area contributed by atoms with Crippen molar-refractivity contribution in [3.05, 3.63) is 71.3 Å². The van der Waals surface area contributed by atoms with E-state index in [0.717, 1.165) is 18.4 Å². The Morgan fingerprint density at radius 2 is 1.94 bits per heavy atom. The van der Waals surface area contributed by atoms with Crippen LogP contribution in [-0.4, -0.2) is 48.1 Å². The highest BCUT2D eigenvalue weighted by Gasteiger charge is 2.51. The van der Waals surface area contributed by atoms with E-state index in [2.05, 4.69) is 11.9 Å². The summed E-state index contributed by atoms with van der Waals surface area (Å²) in [7, 11) is 2.89. The third-order valence-corrected chi connectivity index (χ3v) is 6.71. The Balaban J connectivity index is 1.79. The lowest BCUT2D eigenvalue weighted by molar-refractivity contribution is -0.142. The van der Waals surface area contributed by atoms with E-state index in [1.807, 2.05) is 19.9 Å². The molecule has 0 saturated carbocycles. The lowest BCUT2D eigenvalue weighted by Gasteiger charge is -2.40. The van der Waals surface area contributed by atoms with Gasteiger partial charge < -0.3 is 29.7 Å². The molecule has 7 nitrogen and oxygen atoms in total. The van der Waals surface area contributed by atoms with Gasteiger partial charge in [-0.2, -0.15) is 0 Å². The van der Waals surface area contributed by atoms with Gasteiger partial charge >= 0.3 is 0 Å². The Morgan fingerprint density at radius 3 is 2.53 bits per heavy atom. The summed E-state index contributed by atoms with van der Waals surface area (Å²) in [5.41, 5.74) is -0.0732. The van der Waals surface area contributed by atoms with Crippen LogP contribution in [0.15, 0.2) is 54.6 Å². The minimum absolute atomic E-state index is 0.00428. The van der Waals surface area contributed by atoms with Crippen LogP contribution in [0.5, 0.6) is 11.5 Å². The summed E-state index contributed by atoms with van der Waals surface area (Å²) in [6, 6.07) is 10.0. The monoisotopic (exact) mass is 465 g/mol. The highest BCUT2D eigenvalue weighted by Crippen LogP contribution is 2.48. The van der Waals surface area contributed by atoms with Gasteiger partial charge in [0, 0.05) is 12.7 Å². The molecule has 3 N–H and O–H groups in total. The molecular weight excluding hydrogens is 434 g/mol. The van der Waals surface area contributed by atoms with Crippen LogP contribution in [0.3, 0.4) is 0 Å². The highest BCUT2D eigenvalue weighted by atomic mass is 16.5. The molecule has 0 bridgehead atoms. The number of hydrogen-bond donors (Lipinski definition) is 3. The smallest absolute Gasteiger partial charge is 0.257 e. The van der Waals surface area contributed by atoms with Gasteiger partial charge in [-0.3, -0.25) is 4.79 Å². The maximum absolute atomic E-state index is 12.8. The maximum Gasteiger partial charge on any atom is 0.257 e. The number of aliphatic hydroxyl groups is 1. The summed E-state index contributed by atoms with van der Waals surface area (Å²) in [6.07, 6.45) is 4.13. The van der Waals surface area contributed by atoms with Crippen molar-refractivity contribution in [2.24, 2.45) is 0 Å². The van der Waals surface area contributed by atoms with E-state index in [0.29, 0.717) is 22.6 Å². The first-order valence-electron chi connectivity index (χ1n) is 11.2. The van der Waals surface area contributed by atoms with E-state index in [9.17, 15) is 15.0 Å². The van der Waals surface area contributed by atoms with Crippen LogP contribution in [0, 0.1) is 0 Å². The third kappa shape index (κ3) is 4.00. The van der Waals surface area contributed by atoms with Gasteiger partial charge in [0.15, 0.2) is 11.7 Å². The van der Waals surface area contributed by atoms with Gasteiger partial charge in [-0.25, -0.2) is 0 Å². The number of amides is 1. The van der Waals surface area contributed by atoms with Crippen molar-refractivity contribution in [2.75, 3.05) is 19.5 Å². The van der Waals surface area contributed by atoms with Crippen molar-refractivity contribution < 1.29 is 29.2 Å². The summed E-state index contributed by atoms with van der Waals surface area (Å²) in [5.74, 6) is -0.0542. The maximum atomic E-state index is 12.8. The predicted octanol–water partition coefficient (Wildman–Crippen LogP) is 4.13. The zero-order chi connectivity index (χ0) is 24.7. The van der Waals surface area contributed by atoms with Gasteiger partial charge in [0.25, 0.3) is 5.91 Å². The lowest BCUT2D eigenvalue weighted by Crippen LogP contribution is -2.52. The fourth-order valence-corrected chi connectivity index (χ4v) is 4.77. The van der Waals surface area contributed by atoms with Crippen LogP contribution in [0.4, 0.5) is 5.69 Å². The zero-order valence-corrected chi connectivity index (χ0v) is 19.9. The first kappa shape index (κ1) is 24.0. The van der Waals surface area contributed by atoms with E-state index >= 15 is 0 Å². The fraction of sp³-hybridized carbons (Fsp3) is 0.370. The lowest BCUT2D eigenvalue weighted by atomic mass is 9.76. The molecule has 0 spiro atoms. The van der Waals surface area contributed by atoms with Crippen LogP contribution in [-0.2, 0) is 19.9 Å². The fourth-order valence-electron chi connectivity index (χ4n) is 4.77. The molecule has 2 aliphatic heterocycles. The van der Waals surface area contributed by atoms with Crippen LogP contribution in [0.1, 0.15) is 43.4 Å². The van der Waals surface area contributed by atoms with Gasteiger partial charge in [-0.05, 0) is 56.5 Å². The Kier molecular flexibility index (Phi) is 6.29. The number of phenols is 1. The van der Waals surface area contributed by atoms with E-state index < -0.39 is 23.2 Å². The Bertz CT molecular complexity index is 1140. The second-order valence-electron chi connectivity index (χ2n) is 9.16. The molecule has 0 radical (unpaired) electrons. The average Bonchev–Trinajstić information content (AvgIpc) is 3.21. The molecule has 0 aliphatic carbocycles. The summed E-state index contributed by atoms with van der Waals surface area (Å²) in [6.45, 7) is 7.94. The topological polar surface area (TPSA) is 97.3 Å². The molecule has 7 heteroatoms. The average molecular weight is 466 g/mol. The molecule has 2 aromatic rings. The number of anilines is 1. The van der Waals surface area contributed by atoms with E-state index in [1.54, 1.807) is 49.6 Å². The van der Waals surface area contributed by atoms with Gasteiger partial charge in [-0.1, -0.05) is 36.4 Å².